The van der Waals surface area contributed by atoms with E-state index in [1.54, 1.807) is 0 Å². The fraction of sp³-hybridized carbons (Fsp3) is 0.692. The zero-order chi connectivity index (χ0) is 13.2. The van der Waals surface area contributed by atoms with Crippen LogP contribution in [0.1, 0.15) is 34.1 Å². The van der Waals surface area contributed by atoms with Gasteiger partial charge in [-0.2, -0.15) is 0 Å². The van der Waals surface area contributed by atoms with Crippen molar-refractivity contribution in [2.45, 2.75) is 39.7 Å². The van der Waals surface area contributed by atoms with Crippen LogP contribution in [0.4, 0.5) is 0 Å². The van der Waals surface area contributed by atoms with E-state index in [4.69, 9.17) is 4.74 Å². The van der Waals surface area contributed by atoms with Crippen molar-refractivity contribution < 1.29 is 14.3 Å². The minimum atomic E-state index is -0.627. The van der Waals surface area contributed by atoms with Gasteiger partial charge in [0.1, 0.15) is 5.60 Å². The number of halogens is 1. The standard InChI is InChI=1S/C13H19BrO3/c1-8-5-6-11(9(2)12(8)16)13(4,7-14)17-10(3)15/h5,9,11H,6-7H2,1-4H3/t9?,11-,13?/m1/s1. The SMILES string of the molecule is CC(=O)OC(C)(CBr)[C@@H]1CC=C(C)C(=O)C1C. The Morgan fingerprint density at radius 1 is 1.65 bits per heavy atom. The molecule has 1 aliphatic carbocycles. The summed E-state index contributed by atoms with van der Waals surface area (Å²) in [5.41, 5.74) is 0.187. The molecule has 3 atom stereocenters. The van der Waals surface area contributed by atoms with E-state index in [1.807, 2.05) is 26.8 Å². The maximum atomic E-state index is 12.0. The minimum absolute atomic E-state index is 0.0296. The maximum Gasteiger partial charge on any atom is 0.303 e. The number of carbonyl (C=O) groups is 2. The van der Waals surface area contributed by atoms with Gasteiger partial charge in [-0.3, -0.25) is 9.59 Å². The number of carbonyl (C=O) groups excluding carboxylic acids is 2. The van der Waals surface area contributed by atoms with E-state index in [0.717, 1.165) is 12.0 Å². The normalized spacial score (nSPS) is 28.3. The third-order valence-corrected chi connectivity index (χ3v) is 4.62. The molecule has 0 fully saturated rings. The van der Waals surface area contributed by atoms with Crippen LogP contribution in [0.3, 0.4) is 0 Å². The summed E-state index contributed by atoms with van der Waals surface area (Å²) in [4.78, 5) is 23.1. The minimum Gasteiger partial charge on any atom is -0.458 e. The number of ether oxygens (including phenoxy) is 1. The lowest BCUT2D eigenvalue weighted by molar-refractivity contribution is -0.161. The van der Waals surface area contributed by atoms with Crippen molar-refractivity contribution in [1.29, 1.82) is 0 Å². The van der Waals surface area contributed by atoms with Crippen LogP contribution in [0.5, 0.6) is 0 Å². The molecule has 2 unspecified atom stereocenters. The molecule has 0 aromatic heterocycles. The second-order valence-electron chi connectivity index (χ2n) is 4.92. The summed E-state index contributed by atoms with van der Waals surface area (Å²) in [6.45, 7) is 7.03. The van der Waals surface area contributed by atoms with Crippen LogP contribution in [0.15, 0.2) is 11.6 Å². The smallest absolute Gasteiger partial charge is 0.303 e. The monoisotopic (exact) mass is 302 g/mol. The van der Waals surface area contributed by atoms with Gasteiger partial charge < -0.3 is 4.74 Å². The Labute approximate surface area is 111 Å². The molecular formula is C13H19BrO3. The first-order chi connectivity index (χ1) is 7.81. The summed E-state index contributed by atoms with van der Waals surface area (Å²) in [6, 6.07) is 0. The lowest BCUT2D eigenvalue weighted by Crippen LogP contribution is -2.47. The van der Waals surface area contributed by atoms with E-state index in [-0.39, 0.29) is 23.6 Å². The number of ketones is 1. The number of Topliss-reactive ketones (excluding diaryl/α,β-unsaturated/α-hetero) is 1. The molecule has 0 saturated heterocycles. The zero-order valence-corrected chi connectivity index (χ0v) is 12.3. The molecule has 0 N–H and O–H groups in total. The highest BCUT2D eigenvalue weighted by Crippen LogP contribution is 2.38. The van der Waals surface area contributed by atoms with E-state index in [9.17, 15) is 9.59 Å². The Kier molecular flexibility index (Phi) is 4.53. The highest BCUT2D eigenvalue weighted by molar-refractivity contribution is 9.09. The second-order valence-corrected chi connectivity index (χ2v) is 5.48. The highest BCUT2D eigenvalue weighted by Gasteiger charge is 2.43. The highest BCUT2D eigenvalue weighted by atomic mass is 79.9. The molecule has 96 valence electrons. The molecule has 1 aliphatic rings. The number of hydrogen-bond donors (Lipinski definition) is 0. The van der Waals surface area contributed by atoms with Gasteiger partial charge in [0.25, 0.3) is 0 Å². The predicted octanol–water partition coefficient (Wildman–Crippen LogP) is 2.87. The molecular weight excluding hydrogens is 284 g/mol. The van der Waals surface area contributed by atoms with Gasteiger partial charge in [0.2, 0.25) is 0 Å². The van der Waals surface area contributed by atoms with Gasteiger partial charge in [-0.15, -0.1) is 0 Å². The van der Waals surface area contributed by atoms with E-state index < -0.39 is 5.60 Å². The molecule has 3 nitrogen and oxygen atoms in total. The summed E-state index contributed by atoms with van der Waals surface area (Å²) < 4.78 is 5.41. The number of allylic oxidation sites excluding steroid dienone is 2. The van der Waals surface area contributed by atoms with Crippen molar-refractivity contribution >= 4 is 27.7 Å². The van der Waals surface area contributed by atoms with Gasteiger partial charge in [-0.25, -0.2) is 0 Å². The molecule has 1 rings (SSSR count). The molecule has 17 heavy (non-hydrogen) atoms. The Bertz CT molecular complexity index is 362. The summed E-state index contributed by atoms with van der Waals surface area (Å²) >= 11 is 3.39. The summed E-state index contributed by atoms with van der Waals surface area (Å²) in [5.74, 6) is -0.234. The Balaban J connectivity index is 2.98. The van der Waals surface area contributed by atoms with Crippen molar-refractivity contribution in [3.05, 3.63) is 11.6 Å². The van der Waals surface area contributed by atoms with Crippen molar-refractivity contribution in [3.8, 4) is 0 Å². The van der Waals surface area contributed by atoms with Gasteiger partial charge in [-0.1, -0.05) is 28.9 Å². The molecule has 0 aromatic carbocycles. The topological polar surface area (TPSA) is 43.4 Å². The molecule has 0 amide bonds. The summed E-state index contributed by atoms with van der Waals surface area (Å²) in [7, 11) is 0. The van der Waals surface area contributed by atoms with E-state index in [2.05, 4.69) is 15.9 Å². The molecule has 0 bridgehead atoms. The third-order valence-electron chi connectivity index (χ3n) is 3.51. The lowest BCUT2D eigenvalue weighted by atomic mass is 9.72. The first kappa shape index (κ1) is 14.4. The first-order valence-electron chi connectivity index (χ1n) is 5.78. The number of alkyl halides is 1. The Morgan fingerprint density at radius 3 is 2.71 bits per heavy atom. The van der Waals surface area contributed by atoms with Crippen LogP contribution in [0.2, 0.25) is 0 Å². The Morgan fingerprint density at radius 2 is 2.24 bits per heavy atom. The lowest BCUT2D eigenvalue weighted by Gasteiger charge is -2.40. The van der Waals surface area contributed by atoms with Gasteiger partial charge >= 0.3 is 5.97 Å². The Hall–Kier alpha value is -0.640. The molecule has 4 heteroatoms. The number of esters is 1. The number of hydrogen-bond acceptors (Lipinski definition) is 3. The average Bonchev–Trinajstić information content (AvgIpc) is 2.24. The molecule has 0 aliphatic heterocycles. The van der Waals surface area contributed by atoms with Gasteiger partial charge in [0.15, 0.2) is 5.78 Å². The average molecular weight is 303 g/mol. The van der Waals surface area contributed by atoms with Crippen LogP contribution in [0.25, 0.3) is 0 Å². The molecule has 0 heterocycles. The predicted molar refractivity (Wildman–Crippen MR) is 70.0 cm³/mol. The quantitative estimate of drug-likeness (QED) is 0.595. The molecule has 0 aromatic rings. The maximum absolute atomic E-state index is 12.0. The van der Waals surface area contributed by atoms with Crippen LogP contribution >= 0.6 is 15.9 Å². The van der Waals surface area contributed by atoms with Gasteiger partial charge in [0, 0.05) is 24.1 Å². The van der Waals surface area contributed by atoms with Crippen LogP contribution in [0, 0.1) is 11.8 Å². The fourth-order valence-corrected chi connectivity index (χ4v) is 2.99. The fourth-order valence-electron chi connectivity index (χ4n) is 2.46. The van der Waals surface area contributed by atoms with Crippen molar-refractivity contribution in [2.24, 2.45) is 11.8 Å². The van der Waals surface area contributed by atoms with Gasteiger partial charge in [-0.05, 0) is 25.8 Å². The van der Waals surface area contributed by atoms with E-state index in [0.29, 0.717) is 5.33 Å². The van der Waals surface area contributed by atoms with E-state index in [1.165, 1.54) is 6.92 Å². The van der Waals surface area contributed by atoms with Crippen LogP contribution < -0.4 is 0 Å². The van der Waals surface area contributed by atoms with Gasteiger partial charge in [0.05, 0.1) is 0 Å². The first-order valence-corrected chi connectivity index (χ1v) is 6.90. The van der Waals surface area contributed by atoms with Crippen molar-refractivity contribution in [3.63, 3.8) is 0 Å². The van der Waals surface area contributed by atoms with Crippen molar-refractivity contribution in [1.82, 2.24) is 0 Å². The third kappa shape index (κ3) is 2.97. The zero-order valence-electron chi connectivity index (χ0n) is 10.7. The van der Waals surface area contributed by atoms with Crippen LogP contribution in [-0.2, 0) is 14.3 Å². The van der Waals surface area contributed by atoms with Crippen LogP contribution in [-0.4, -0.2) is 22.7 Å². The second kappa shape index (κ2) is 5.34. The largest absolute Gasteiger partial charge is 0.458 e. The molecule has 0 saturated carbocycles. The molecule has 0 radical (unpaired) electrons. The molecule has 0 spiro atoms. The van der Waals surface area contributed by atoms with Crippen molar-refractivity contribution in [2.75, 3.05) is 5.33 Å². The van der Waals surface area contributed by atoms with E-state index >= 15 is 0 Å². The summed E-state index contributed by atoms with van der Waals surface area (Å²) in [5, 5.41) is 0.536. The number of rotatable bonds is 3. The summed E-state index contributed by atoms with van der Waals surface area (Å²) in [6.07, 6.45) is 2.71.